The van der Waals surface area contributed by atoms with Gasteiger partial charge >= 0.3 is 0 Å². The molecule has 180 valence electrons. The summed E-state index contributed by atoms with van der Waals surface area (Å²) in [5.74, 6) is -0.0163. The highest BCUT2D eigenvalue weighted by molar-refractivity contribution is 5.36. The van der Waals surface area contributed by atoms with Crippen LogP contribution in [0.5, 0.6) is 5.75 Å². The second kappa shape index (κ2) is 9.48. The number of ether oxygens (including phenoxy) is 3. The Kier molecular flexibility index (Phi) is 7.31. The van der Waals surface area contributed by atoms with E-state index in [0.29, 0.717) is 0 Å². The van der Waals surface area contributed by atoms with Gasteiger partial charge in [-0.05, 0) is 12.1 Å². The molecule has 2 saturated heterocycles. The monoisotopic (exact) mass is 463 g/mol. The third-order valence-corrected chi connectivity index (χ3v) is 5.65. The Labute approximate surface area is 180 Å². The van der Waals surface area contributed by atoms with Crippen LogP contribution in [0.1, 0.15) is 0 Å². The van der Waals surface area contributed by atoms with Gasteiger partial charge in [0.25, 0.3) is 5.69 Å². The first-order valence-electron chi connectivity index (χ1n) is 9.61. The number of hydrogen-bond donors (Lipinski definition) is 8. The number of aliphatic hydroxyl groups is 8. The maximum Gasteiger partial charge on any atom is 0.269 e. The van der Waals surface area contributed by atoms with E-state index in [1.165, 1.54) is 12.1 Å². The molecule has 0 radical (unpaired) electrons. The van der Waals surface area contributed by atoms with Crippen LogP contribution in [-0.2, 0) is 9.47 Å². The van der Waals surface area contributed by atoms with Crippen LogP contribution in [-0.4, -0.2) is 120 Å². The molecule has 2 aliphatic rings. The van der Waals surface area contributed by atoms with Crippen LogP contribution < -0.4 is 4.74 Å². The highest BCUT2D eigenvalue weighted by atomic mass is 16.7. The van der Waals surface area contributed by atoms with Crippen molar-refractivity contribution in [2.75, 3.05) is 13.2 Å². The van der Waals surface area contributed by atoms with Crippen LogP contribution in [0.15, 0.2) is 24.3 Å². The number of aliphatic hydroxyl groups excluding tert-OH is 7. The smallest absolute Gasteiger partial charge is 0.269 e. The Morgan fingerprint density at radius 2 is 1.72 bits per heavy atom. The normalized spacial score (nSPS) is 41.1. The summed E-state index contributed by atoms with van der Waals surface area (Å²) in [7, 11) is 0. The molecule has 1 aromatic carbocycles. The lowest BCUT2D eigenvalue weighted by Crippen LogP contribution is -2.72. The van der Waals surface area contributed by atoms with Crippen molar-refractivity contribution in [1.82, 2.24) is 0 Å². The van der Waals surface area contributed by atoms with Crippen LogP contribution in [0.4, 0.5) is 5.69 Å². The SMILES string of the molecule is O=[N+]([O-])c1ccc(O[C@H]2O[C@H](C(O)[C@@]3(O)CO[C@H](CO)[C@H](O)[C@@H]3O)[C@H](O)[C@H](O)[C@H]2O)cc1. The molecule has 14 heteroatoms. The zero-order valence-electron chi connectivity index (χ0n) is 16.5. The van der Waals surface area contributed by atoms with Gasteiger partial charge in [0, 0.05) is 12.1 Å². The van der Waals surface area contributed by atoms with Gasteiger partial charge in [-0.25, -0.2) is 0 Å². The van der Waals surface area contributed by atoms with E-state index < -0.39 is 78.9 Å². The van der Waals surface area contributed by atoms with E-state index in [2.05, 4.69) is 0 Å². The molecule has 1 unspecified atom stereocenters. The molecule has 1 aromatic rings. The third-order valence-electron chi connectivity index (χ3n) is 5.65. The van der Waals surface area contributed by atoms with Gasteiger partial charge in [0.15, 0.2) is 0 Å². The summed E-state index contributed by atoms with van der Waals surface area (Å²) in [6, 6.07) is 4.60. The average molecular weight is 463 g/mol. The van der Waals surface area contributed by atoms with E-state index >= 15 is 0 Å². The van der Waals surface area contributed by atoms with Gasteiger partial charge in [0.2, 0.25) is 6.29 Å². The number of non-ortho nitro benzene ring substituents is 1. The molecule has 0 spiro atoms. The summed E-state index contributed by atoms with van der Waals surface area (Å²) < 4.78 is 15.8. The molecule has 0 bridgehead atoms. The van der Waals surface area contributed by atoms with Crippen LogP contribution in [0.25, 0.3) is 0 Å². The standard InChI is InChI=1S/C18H25NO13/c20-5-9-10(21)15(25)18(27,6-30-9)16(26)14-12(23)11(22)13(24)17(32-14)31-8-3-1-7(2-4-8)19(28)29/h1-4,9-17,20-27H,5-6H2/t9-,10+,11+,12-,13-,14+,15+,16?,17+,18-/m1/s1. The van der Waals surface area contributed by atoms with Gasteiger partial charge in [-0.15, -0.1) is 0 Å². The van der Waals surface area contributed by atoms with Gasteiger partial charge in [0.05, 0.1) is 18.1 Å². The lowest BCUT2D eigenvalue weighted by atomic mass is 9.79. The van der Waals surface area contributed by atoms with E-state index in [4.69, 9.17) is 19.3 Å². The molecule has 0 aromatic heterocycles. The van der Waals surface area contributed by atoms with Crippen molar-refractivity contribution in [2.45, 2.75) is 60.7 Å². The fourth-order valence-corrected chi connectivity index (χ4v) is 3.64. The van der Waals surface area contributed by atoms with Crippen LogP contribution >= 0.6 is 0 Å². The molecule has 2 fully saturated rings. The molecule has 2 aliphatic heterocycles. The van der Waals surface area contributed by atoms with Crippen molar-refractivity contribution in [3.63, 3.8) is 0 Å². The van der Waals surface area contributed by atoms with Crippen molar-refractivity contribution >= 4 is 5.69 Å². The van der Waals surface area contributed by atoms with Gasteiger partial charge in [0.1, 0.15) is 60.2 Å². The first kappa shape index (κ1) is 24.7. The van der Waals surface area contributed by atoms with Gasteiger partial charge in [-0.2, -0.15) is 0 Å². The van der Waals surface area contributed by atoms with E-state index in [1.807, 2.05) is 0 Å². The van der Waals surface area contributed by atoms with Crippen LogP contribution in [0.3, 0.4) is 0 Å². The quantitative estimate of drug-likeness (QED) is 0.149. The van der Waals surface area contributed by atoms with E-state index in [1.54, 1.807) is 0 Å². The van der Waals surface area contributed by atoms with Crippen LogP contribution in [0.2, 0.25) is 0 Å². The molecule has 0 aliphatic carbocycles. The zero-order chi connectivity index (χ0) is 23.8. The summed E-state index contributed by atoms with van der Waals surface area (Å²) in [5, 5.41) is 92.3. The number of nitrogens with zero attached hydrogens (tertiary/aromatic N) is 1. The molecule has 14 nitrogen and oxygen atoms in total. The minimum absolute atomic E-state index is 0.0163. The Bertz CT molecular complexity index is 794. The van der Waals surface area contributed by atoms with E-state index in [9.17, 15) is 45.9 Å². The predicted molar refractivity (Wildman–Crippen MR) is 100 cm³/mol. The summed E-state index contributed by atoms with van der Waals surface area (Å²) in [5.41, 5.74) is -2.82. The Morgan fingerprint density at radius 3 is 2.28 bits per heavy atom. The van der Waals surface area contributed by atoms with Gasteiger partial charge < -0.3 is 55.1 Å². The Balaban J connectivity index is 1.79. The topological polar surface area (TPSA) is 233 Å². The fourth-order valence-electron chi connectivity index (χ4n) is 3.64. The summed E-state index contributed by atoms with van der Waals surface area (Å²) in [4.78, 5) is 10.1. The first-order chi connectivity index (χ1) is 15.0. The van der Waals surface area contributed by atoms with Crippen molar-refractivity contribution in [3.8, 4) is 5.75 Å². The zero-order valence-corrected chi connectivity index (χ0v) is 16.5. The molecule has 2 heterocycles. The van der Waals surface area contributed by atoms with E-state index in [0.717, 1.165) is 12.1 Å². The van der Waals surface area contributed by atoms with Crippen molar-refractivity contribution in [3.05, 3.63) is 34.4 Å². The number of nitro groups is 1. The van der Waals surface area contributed by atoms with Gasteiger partial charge in [-0.3, -0.25) is 10.1 Å². The molecule has 32 heavy (non-hydrogen) atoms. The lowest BCUT2D eigenvalue weighted by Gasteiger charge is -2.49. The average Bonchev–Trinajstić information content (AvgIpc) is 2.78. The largest absolute Gasteiger partial charge is 0.462 e. The van der Waals surface area contributed by atoms with Crippen LogP contribution in [0, 0.1) is 10.1 Å². The molecular formula is C18H25NO13. The minimum atomic E-state index is -2.59. The Morgan fingerprint density at radius 1 is 1.09 bits per heavy atom. The third kappa shape index (κ3) is 4.42. The summed E-state index contributed by atoms with van der Waals surface area (Å²) in [6.45, 7) is -1.44. The molecule has 0 saturated carbocycles. The van der Waals surface area contributed by atoms with Gasteiger partial charge in [-0.1, -0.05) is 0 Å². The highest BCUT2D eigenvalue weighted by Gasteiger charge is 2.58. The number of nitro benzene ring substituents is 1. The molecular weight excluding hydrogens is 438 g/mol. The van der Waals surface area contributed by atoms with Crippen molar-refractivity contribution in [1.29, 1.82) is 0 Å². The Hall–Kier alpha value is -1.98. The van der Waals surface area contributed by atoms with E-state index in [-0.39, 0.29) is 11.4 Å². The first-order valence-corrected chi connectivity index (χ1v) is 9.61. The number of rotatable bonds is 6. The lowest BCUT2D eigenvalue weighted by molar-refractivity contribution is -0.384. The van der Waals surface area contributed by atoms with Crippen molar-refractivity contribution in [2.24, 2.45) is 0 Å². The minimum Gasteiger partial charge on any atom is -0.462 e. The molecule has 3 rings (SSSR count). The molecule has 10 atom stereocenters. The highest BCUT2D eigenvalue weighted by Crippen LogP contribution is 2.34. The molecule has 8 N–H and O–H groups in total. The maximum absolute atomic E-state index is 10.8. The summed E-state index contributed by atoms with van der Waals surface area (Å²) >= 11 is 0. The maximum atomic E-state index is 10.8. The summed E-state index contributed by atoms with van der Waals surface area (Å²) in [6.07, 6.45) is -16.5. The predicted octanol–water partition coefficient (Wildman–Crippen LogP) is -4.01. The fraction of sp³-hybridized carbons (Fsp3) is 0.667. The number of benzene rings is 1. The van der Waals surface area contributed by atoms with Crippen molar-refractivity contribution < 1.29 is 60.0 Å². The second-order valence-corrected chi connectivity index (χ2v) is 7.71. The molecule has 0 amide bonds. The second-order valence-electron chi connectivity index (χ2n) is 7.71. The number of hydrogen-bond acceptors (Lipinski definition) is 13.